The topological polar surface area (TPSA) is 42.2 Å². The van der Waals surface area contributed by atoms with Gasteiger partial charge in [-0.1, -0.05) is 11.6 Å². The van der Waals surface area contributed by atoms with E-state index in [-0.39, 0.29) is 12.3 Å². The molecule has 0 radical (unpaired) electrons. The normalized spacial score (nSPS) is 10.6. The van der Waals surface area contributed by atoms with Gasteiger partial charge in [0.25, 0.3) is 0 Å². The van der Waals surface area contributed by atoms with Crippen LogP contribution in [0.4, 0.5) is 0 Å². The van der Waals surface area contributed by atoms with Crippen LogP contribution in [0.3, 0.4) is 0 Å². The van der Waals surface area contributed by atoms with Crippen LogP contribution in [0.5, 0.6) is 0 Å². The monoisotopic (exact) mass is 255 g/mol. The van der Waals surface area contributed by atoms with Crippen molar-refractivity contribution < 1.29 is 9.21 Å². The largest absolute Gasteiger partial charge is 0.468 e. The summed E-state index contributed by atoms with van der Waals surface area (Å²) < 4.78 is 5.77. The highest BCUT2D eigenvalue weighted by atomic mass is 35.5. The summed E-state index contributed by atoms with van der Waals surface area (Å²) in [6, 6.07) is 7.15. The minimum atomic E-state index is 0.0449. The molecule has 0 saturated carbocycles. The molecule has 2 aromatic heterocycles. The van der Waals surface area contributed by atoms with Crippen LogP contribution in [-0.2, 0) is 6.54 Å². The second-order valence-corrected chi connectivity index (χ2v) is 4.92. The van der Waals surface area contributed by atoms with Crippen molar-refractivity contribution in [2.75, 3.05) is 6.54 Å². The predicted molar refractivity (Wildman–Crippen MR) is 64.1 cm³/mol. The molecule has 0 aliphatic carbocycles. The fraction of sp³-hybridized carbons (Fsp3) is 0.182. The second kappa shape index (κ2) is 5.30. The quantitative estimate of drug-likeness (QED) is 0.836. The van der Waals surface area contributed by atoms with Crippen molar-refractivity contribution in [3.05, 3.63) is 45.5 Å². The maximum Gasteiger partial charge on any atom is 0.186 e. The standard InChI is InChI=1S/C11H10ClNO2S/c12-11-4-3-10(16-11)9(14)7-13-6-8-2-1-5-15-8/h1-5,13H,6-7H2. The van der Waals surface area contributed by atoms with Crippen molar-refractivity contribution in [1.29, 1.82) is 0 Å². The number of nitrogens with one attached hydrogen (secondary N) is 1. The van der Waals surface area contributed by atoms with Crippen LogP contribution >= 0.6 is 22.9 Å². The van der Waals surface area contributed by atoms with Gasteiger partial charge in [0.05, 0.1) is 28.6 Å². The maximum atomic E-state index is 11.6. The molecule has 0 amide bonds. The summed E-state index contributed by atoms with van der Waals surface area (Å²) in [6.07, 6.45) is 1.61. The van der Waals surface area contributed by atoms with E-state index >= 15 is 0 Å². The van der Waals surface area contributed by atoms with Gasteiger partial charge in [-0.3, -0.25) is 4.79 Å². The summed E-state index contributed by atoms with van der Waals surface area (Å²) >= 11 is 7.05. The number of carbonyl (C=O) groups excluding carboxylic acids is 1. The lowest BCUT2D eigenvalue weighted by molar-refractivity contribution is 0.0994. The number of furan rings is 1. The number of thiophene rings is 1. The molecule has 0 aliphatic heterocycles. The minimum absolute atomic E-state index is 0.0449. The van der Waals surface area contributed by atoms with Gasteiger partial charge < -0.3 is 9.73 Å². The third-order valence-electron chi connectivity index (χ3n) is 2.01. The first-order valence-corrected chi connectivity index (χ1v) is 5.97. The Balaban J connectivity index is 1.80. The molecule has 16 heavy (non-hydrogen) atoms. The molecule has 0 spiro atoms. The lowest BCUT2D eigenvalue weighted by Gasteiger charge is -1.99. The molecule has 1 N–H and O–H groups in total. The Morgan fingerprint density at radius 2 is 2.31 bits per heavy atom. The van der Waals surface area contributed by atoms with Crippen LogP contribution < -0.4 is 5.32 Å². The van der Waals surface area contributed by atoms with Gasteiger partial charge in [-0.2, -0.15) is 0 Å². The van der Waals surface area contributed by atoms with Crippen LogP contribution in [-0.4, -0.2) is 12.3 Å². The molecule has 2 heterocycles. The van der Waals surface area contributed by atoms with Crippen molar-refractivity contribution in [1.82, 2.24) is 5.32 Å². The minimum Gasteiger partial charge on any atom is -0.468 e. The van der Waals surface area contributed by atoms with E-state index in [1.54, 1.807) is 18.4 Å². The Hall–Kier alpha value is -1.10. The second-order valence-electron chi connectivity index (χ2n) is 3.21. The summed E-state index contributed by atoms with van der Waals surface area (Å²) in [5.74, 6) is 0.862. The van der Waals surface area contributed by atoms with E-state index in [0.29, 0.717) is 15.8 Å². The molecule has 0 bridgehead atoms. The molecular formula is C11H10ClNO2S. The summed E-state index contributed by atoms with van der Waals surface area (Å²) in [4.78, 5) is 12.3. The van der Waals surface area contributed by atoms with Crippen LogP contribution in [0.15, 0.2) is 34.9 Å². The number of hydrogen-bond acceptors (Lipinski definition) is 4. The maximum absolute atomic E-state index is 11.6. The average molecular weight is 256 g/mol. The highest BCUT2D eigenvalue weighted by Gasteiger charge is 2.08. The van der Waals surface area contributed by atoms with Gasteiger partial charge in [-0.25, -0.2) is 0 Å². The first-order valence-electron chi connectivity index (χ1n) is 4.77. The highest BCUT2D eigenvalue weighted by Crippen LogP contribution is 2.21. The molecular weight excluding hydrogens is 246 g/mol. The number of rotatable bonds is 5. The van der Waals surface area contributed by atoms with Crippen LogP contribution in [0, 0.1) is 0 Å². The van der Waals surface area contributed by atoms with Crippen LogP contribution in [0.25, 0.3) is 0 Å². The molecule has 0 fully saturated rings. The van der Waals surface area contributed by atoms with Crippen molar-refractivity contribution in [3.63, 3.8) is 0 Å². The number of halogens is 1. The SMILES string of the molecule is O=C(CNCc1ccco1)c1ccc(Cl)s1. The molecule has 2 rings (SSSR count). The first-order chi connectivity index (χ1) is 7.75. The molecule has 0 aromatic carbocycles. The Labute approximate surface area is 102 Å². The molecule has 0 aliphatic rings. The zero-order valence-electron chi connectivity index (χ0n) is 8.40. The van der Waals surface area contributed by atoms with E-state index < -0.39 is 0 Å². The molecule has 0 unspecified atom stereocenters. The van der Waals surface area contributed by atoms with Crippen molar-refractivity contribution in [2.24, 2.45) is 0 Å². The smallest absolute Gasteiger partial charge is 0.186 e. The van der Waals surface area contributed by atoms with Crippen LogP contribution in [0.1, 0.15) is 15.4 Å². The summed E-state index contributed by atoms with van der Waals surface area (Å²) in [5, 5.41) is 3.02. The van der Waals surface area contributed by atoms with Gasteiger partial charge in [-0.05, 0) is 24.3 Å². The number of ketones is 1. The zero-order chi connectivity index (χ0) is 11.4. The summed E-state index contributed by atoms with van der Waals surface area (Å²) in [5.41, 5.74) is 0. The Morgan fingerprint density at radius 3 is 2.94 bits per heavy atom. The van der Waals surface area contributed by atoms with E-state index in [2.05, 4.69) is 5.32 Å². The number of carbonyl (C=O) groups is 1. The van der Waals surface area contributed by atoms with Gasteiger partial charge in [0.2, 0.25) is 0 Å². The lowest BCUT2D eigenvalue weighted by atomic mass is 10.3. The third-order valence-corrected chi connectivity index (χ3v) is 3.29. The Bertz CT molecular complexity index is 464. The molecule has 0 atom stereocenters. The molecule has 5 heteroatoms. The van der Waals surface area contributed by atoms with Crippen LogP contribution in [0.2, 0.25) is 4.34 Å². The summed E-state index contributed by atoms with van der Waals surface area (Å²) in [7, 11) is 0. The van der Waals surface area contributed by atoms with Gasteiger partial charge in [0.15, 0.2) is 5.78 Å². The highest BCUT2D eigenvalue weighted by molar-refractivity contribution is 7.18. The van der Waals surface area contributed by atoms with Gasteiger partial charge in [0.1, 0.15) is 5.76 Å². The third kappa shape index (κ3) is 2.95. The average Bonchev–Trinajstić information content (AvgIpc) is 2.89. The fourth-order valence-corrected chi connectivity index (χ4v) is 2.24. The zero-order valence-corrected chi connectivity index (χ0v) is 9.98. The molecule has 3 nitrogen and oxygen atoms in total. The molecule has 84 valence electrons. The Kier molecular flexibility index (Phi) is 3.77. The Morgan fingerprint density at radius 1 is 1.44 bits per heavy atom. The predicted octanol–water partition coefficient (Wildman–Crippen LogP) is 2.97. The van der Waals surface area contributed by atoms with E-state index in [0.717, 1.165) is 5.76 Å². The van der Waals surface area contributed by atoms with E-state index in [1.165, 1.54) is 11.3 Å². The number of Topliss-reactive ketones (excluding diaryl/α,β-unsaturated/α-hetero) is 1. The molecule has 0 saturated heterocycles. The van der Waals surface area contributed by atoms with E-state index in [1.807, 2.05) is 12.1 Å². The molecule has 2 aromatic rings. The lowest BCUT2D eigenvalue weighted by Crippen LogP contribution is -2.21. The van der Waals surface area contributed by atoms with Crippen molar-refractivity contribution >= 4 is 28.7 Å². The first kappa shape index (κ1) is 11.4. The van der Waals surface area contributed by atoms with Gasteiger partial charge in [0, 0.05) is 0 Å². The summed E-state index contributed by atoms with van der Waals surface area (Å²) in [6.45, 7) is 0.843. The number of hydrogen-bond donors (Lipinski definition) is 1. The van der Waals surface area contributed by atoms with E-state index in [4.69, 9.17) is 16.0 Å². The van der Waals surface area contributed by atoms with Gasteiger partial charge >= 0.3 is 0 Å². The van der Waals surface area contributed by atoms with Crippen molar-refractivity contribution in [2.45, 2.75) is 6.54 Å². The fourth-order valence-electron chi connectivity index (χ4n) is 1.26. The van der Waals surface area contributed by atoms with Crippen molar-refractivity contribution in [3.8, 4) is 0 Å². The van der Waals surface area contributed by atoms with Gasteiger partial charge in [-0.15, -0.1) is 11.3 Å². The van der Waals surface area contributed by atoms with E-state index in [9.17, 15) is 4.79 Å².